The SMILES string of the molecule is CNc1ncccc1CN1CCC[C@@H](c2nc(N)ncc2-c2ccc(OC)cc2)C1. The molecule has 0 unspecified atom stereocenters. The number of nitrogens with zero attached hydrogens (tertiary/aromatic N) is 4. The number of hydrogen-bond donors (Lipinski definition) is 2. The molecular weight excluding hydrogens is 376 g/mol. The number of likely N-dealkylation sites (tertiary alicyclic amines) is 1. The summed E-state index contributed by atoms with van der Waals surface area (Å²) in [6.45, 7) is 2.85. The van der Waals surface area contributed by atoms with Gasteiger partial charge in [-0.1, -0.05) is 18.2 Å². The number of anilines is 2. The Morgan fingerprint density at radius 1 is 1.20 bits per heavy atom. The maximum atomic E-state index is 5.98. The summed E-state index contributed by atoms with van der Waals surface area (Å²) in [5.74, 6) is 2.39. The third-order valence-corrected chi connectivity index (χ3v) is 5.65. The predicted octanol–water partition coefficient (Wildman–Crippen LogP) is 3.55. The smallest absolute Gasteiger partial charge is 0.220 e. The van der Waals surface area contributed by atoms with Gasteiger partial charge in [0.1, 0.15) is 11.6 Å². The van der Waals surface area contributed by atoms with E-state index in [-0.39, 0.29) is 0 Å². The standard InChI is InChI=1S/C23H28N6O/c1-25-22-18(5-3-11-26-22)15-29-12-4-6-17(14-29)21-20(13-27-23(24)28-21)16-7-9-19(30-2)10-8-16/h3,5,7-11,13,17H,4,6,12,14-15H2,1-2H3,(H,25,26)(H2,24,27,28)/t17-/m1/s1. The number of aromatic nitrogens is 3. The topological polar surface area (TPSA) is 89.2 Å². The molecule has 156 valence electrons. The van der Waals surface area contributed by atoms with Crippen molar-refractivity contribution in [1.82, 2.24) is 19.9 Å². The van der Waals surface area contributed by atoms with Crippen molar-refractivity contribution in [2.45, 2.75) is 25.3 Å². The van der Waals surface area contributed by atoms with Crippen molar-refractivity contribution < 1.29 is 4.74 Å². The number of ether oxygens (including phenoxy) is 1. The van der Waals surface area contributed by atoms with Crippen molar-refractivity contribution in [1.29, 1.82) is 0 Å². The summed E-state index contributed by atoms with van der Waals surface area (Å²) < 4.78 is 5.29. The highest BCUT2D eigenvalue weighted by atomic mass is 16.5. The summed E-state index contributed by atoms with van der Waals surface area (Å²) in [5.41, 5.74) is 10.3. The van der Waals surface area contributed by atoms with Crippen LogP contribution < -0.4 is 15.8 Å². The lowest BCUT2D eigenvalue weighted by Crippen LogP contribution is -2.34. The Hall–Kier alpha value is -3.19. The highest BCUT2D eigenvalue weighted by Crippen LogP contribution is 2.34. The Morgan fingerprint density at radius 2 is 2.03 bits per heavy atom. The maximum absolute atomic E-state index is 5.98. The van der Waals surface area contributed by atoms with E-state index in [4.69, 9.17) is 10.5 Å². The van der Waals surface area contributed by atoms with Crippen LogP contribution in [0.25, 0.3) is 11.1 Å². The van der Waals surface area contributed by atoms with E-state index in [9.17, 15) is 0 Å². The zero-order chi connectivity index (χ0) is 20.9. The minimum absolute atomic E-state index is 0.302. The number of benzene rings is 1. The largest absolute Gasteiger partial charge is 0.497 e. The molecule has 1 aromatic carbocycles. The minimum atomic E-state index is 0.302. The van der Waals surface area contributed by atoms with Gasteiger partial charge in [-0.05, 0) is 43.1 Å². The number of pyridine rings is 1. The second-order valence-corrected chi connectivity index (χ2v) is 7.59. The molecule has 3 aromatic rings. The normalized spacial score (nSPS) is 16.9. The van der Waals surface area contributed by atoms with E-state index in [1.165, 1.54) is 5.56 Å². The predicted molar refractivity (Wildman–Crippen MR) is 119 cm³/mol. The second kappa shape index (κ2) is 9.09. The van der Waals surface area contributed by atoms with Gasteiger partial charge in [0.2, 0.25) is 5.95 Å². The number of piperidine rings is 1. The van der Waals surface area contributed by atoms with Gasteiger partial charge in [-0.25, -0.2) is 15.0 Å². The highest BCUT2D eigenvalue weighted by molar-refractivity contribution is 5.67. The van der Waals surface area contributed by atoms with Gasteiger partial charge < -0.3 is 15.8 Å². The van der Waals surface area contributed by atoms with Crippen LogP contribution in [0.15, 0.2) is 48.8 Å². The molecule has 3 N–H and O–H groups in total. The van der Waals surface area contributed by atoms with Crippen molar-refractivity contribution >= 4 is 11.8 Å². The van der Waals surface area contributed by atoms with E-state index in [1.807, 2.05) is 49.8 Å². The number of nitrogens with one attached hydrogen (secondary N) is 1. The fourth-order valence-electron chi connectivity index (χ4n) is 4.17. The molecule has 7 heteroatoms. The fourth-order valence-corrected chi connectivity index (χ4v) is 4.17. The Morgan fingerprint density at radius 3 is 2.80 bits per heavy atom. The summed E-state index contributed by atoms with van der Waals surface area (Å²) in [6.07, 6.45) is 5.87. The molecule has 2 aromatic heterocycles. The third-order valence-electron chi connectivity index (χ3n) is 5.65. The molecular formula is C23H28N6O. The van der Waals surface area contributed by atoms with Gasteiger partial charge in [0, 0.05) is 49.6 Å². The average molecular weight is 405 g/mol. The van der Waals surface area contributed by atoms with Gasteiger partial charge >= 0.3 is 0 Å². The van der Waals surface area contributed by atoms with Crippen molar-refractivity contribution in [2.24, 2.45) is 0 Å². The second-order valence-electron chi connectivity index (χ2n) is 7.59. The number of rotatable bonds is 6. The summed E-state index contributed by atoms with van der Waals surface area (Å²) in [7, 11) is 3.58. The van der Waals surface area contributed by atoms with E-state index in [0.717, 1.165) is 60.9 Å². The Labute approximate surface area is 177 Å². The highest BCUT2D eigenvalue weighted by Gasteiger charge is 2.26. The molecule has 1 aliphatic rings. The number of nitrogens with two attached hydrogens (primary N) is 1. The number of hydrogen-bond acceptors (Lipinski definition) is 7. The zero-order valence-corrected chi connectivity index (χ0v) is 17.5. The van der Waals surface area contributed by atoms with Crippen LogP contribution in [0.3, 0.4) is 0 Å². The first-order valence-corrected chi connectivity index (χ1v) is 10.3. The molecule has 0 radical (unpaired) electrons. The van der Waals surface area contributed by atoms with Crippen LogP contribution in [-0.2, 0) is 6.54 Å². The summed E-state index contributed by atoms with van der Waals surface area (Å²) in [6, 6.07) is 12.1. The molecule has 0 amide bonds. The van der Waals surface area contributed by atoms with E-state index in [0.29, 0.717) is 11.9 Å². The first-order chi connectivity index (χ1) is 14.7. The van der Waals surface area contributed by atoms with Crippen LogP contribution in [-0.4, -0.2) is 47.1 Å². The minimum Gasteiger partial charge on any atom is -0.497 e. The summed E-state index contributed by atoms with van der Waals surface area (Å²) in [4.78, 5) is 15.9. The van der Waals surface area contributed by atoms with Crippen LogP contribution in [0.4, 0.5) is 11.8 Å². The van der Waals surface area contributed by atoms with E-state index in [1.54, 1.807) is 7.11 Å². The molecule has 3 heterocycles. The number of methoxy groups -OCH3 is 1. The molecule has 0 spiro atoms. The Balaban J connectivity index is 1.59. The molecule has 30 heavy (non-hydrogen) atoms. The van der Waals surface area contributed by atoms with Gasteiger partial charge in [0.05, 0.1) is 12.8 Å². The molecule has 1 aliphatic heterocycles. The van der Waals surface area contributed by atoms with Crippen LogP contribution in [0.2, 0.25) is 0 Å². The average Bonchev–Trinajstić information content (AvgIpc) is 2.80. The molecule has 0 bridgehead atoms. The van der Waals surface area contributed by atoms with Crippen LogP contribution in [0, 0.1) is 0 Å². The van der Waals surface area contributed by atoms with Gasteiger partial charge in [-0.2, -0.15) is 0 Å². The summed E-state index contributed by atoms with van der Waals surface area (Å²) in [5, 5.41) is 3.19. The lowest BCUT2D eigenvalue weighted by Gasteiger charge is -2.33. The van der Waals surface area contributed by atoms with Crippen LogP contribution in [0.5, 0.6) is 5.75 Å². The maximum Gasteiger partial charge on any atom is 0.220 e. The lowest BCUT2D eigenvalue weighted by atomic mass is 9.89. The van der Waals surface area contributed by atoms with Crippen molar-refractivity contribution in [3.05, 3.63) is 60.0 Å². The molecule has 1 saturated heterocycles. The molecule has 1 fully saturated rings. The third kappa shape index (κ3) is 4.36. The van der Waals surface area contributed by atoms with Gasteiger partial charge in [-0.3, -0.25) is 4.90 Å². The molecule has 1 atom stereocenters. The molecule has 7 nitrogen and oxygen atoms in total. The fraction of sp³-hybridized carbons (Fsp3) is 0.348. The lowest BCUT2D eigenvalue weighted by molar-refractivity contribution is 0.199. The van der Waals surface area contributed by atoms with Crippen LogP contribution >= 0.6 is 0 Å². The van der Waals surface area contributed by atoms with Crippen molar-refractivity contribution in [3.63, 3.8) is 0 Å². The van der Waals surface area contributed by atoms with Crippen molar-refractivity contribution in [3.8, 4) is 16.9 Å². The monoisotopic (exact) mass is 404 g/mol. The molecule has 0 aliphatic carbocycles. The first kappa shape index (κ1) is 20.1. The summed E-state index contributed by atoms with van der Waals surface area (Å²) >= 11 is 0. The zero-order valence-electron chi connectivity index (χ0n) is 17.5. The van der Waals surface area contributed by atoms with E-state index >= 15 is 0 Å². The van der Waals surface area contributed by atoms with E-state index < -0.39 is 0 Å². The molecule has 4 rings (SSSR count). The quantitative estimate of drug-likeness (QED) is 0.649. The van der Waals surface area contributed by atoms with Gasteiger partial charge in [0.25, 0.3) is 0 Å². The molecule has 0 saturated carbocycles. The van der Waals surface area contributed by atoms with Gasteiger partial charge in [0.15, 0.2) is 0 Å². The van der Waals surface area contributed by atoms with Crippen LogP contribution in [0.1, 0.15) is 30.0 Å². The van der Waals surface area contributed by atoms with E-state index in [2.05, 4.69) is 31.2 Å². The van der Waals surface area contributed by atoms with Gasteiger partial charge in [-0.15, -0.1) is 0 Å². The first-order valence-electron chi connectivity index (χ1n) is 10.3. The Bertz CT molecular complexity index is 991. The van der Waals surface area contributed by atoms with Crippen molar-refractivity contribution in [2.75, 3.05) is 38.3 Å². The Kier molecular flexibility index (Phi) is 6.09. The number of nitrogen functional groups attached to an aromatic ring is 1.